The van der Waals surface area contributed by atoms with Gasteiger partial charge in [0.2, 0.25) is 17.8 Å². The second-order valence-corrected chi connectivity index (χ2v) is 4.70. The Hall–Kier alpha value is -1.67. The molecule has 0 amide bonds. The standard InChI is InChI=1S/C11H19N7O/c12-16-9-13-10(17-3-1-2-4-17)15-11(14-9)18-5-7-19-8-6-18/h1-8,12H2,(H,13,14,15,16). The van der Waals surface area contributed by atoms with Crippen molar-refractivity contribution in [1.82, 2.24) is 15.0 Å². The first-order valence-electron chi connectivity index (χ1n) is 6.67. The molecule has 0 saturated carbocycles. The monoisotopic (exact) mass is 265 g/mol. The number of nitrogens with two attached hydrogens (primary N) is 1. The van der Waals surface area contributed by atoms with Gasteiger partial charge in [-0.25, -0.2) is 5.84 Å². The van der Waals surface area contributed by atoms with Crippen molar-refractivity contribution < 1.29 is 4.74 Å². The van der Waals surface area contributed by atoms with Crippen molar-refractivity contribution >= 4 is 17.8 Å². The van der Waals surface area contributed by atoms with Gasteiger partial charge in [-0.05, 0) is 12.8 Å². The van der Waals surface area contributed by atoms with Gasteiger partial charge in [0.25, 0.3) is 0 Å². The maximum atomic E-state index is 5.45. The predicted octanol–water partition coefficient (Wildman–Crippen LogP) is -0.406. The first-order valence-corrected chi connectivity index (χ1v) is 6.67. The zero-order chi connectivity index (χ0) is 13.1. The van der Waals surface area contributed by atoms with Crippen molar-refractivity contribution in [2.45, 2.75) is 12.8 Å². The van der Waals surface area contributed by atoms with Crippen molar-refractivity contribution in [2.24, 2.45) is 5.84 Å². The number of nitrogens with one attached hydrogen (secondary N) is 1. The Morgan fingerprint density at radius 1 is 0.895 bits per heavy atom. The number of hydrogen-bond acceptors (Lipinski definition) is 8. The summed E-state index contributed by atoms with van der Waals surface area (Å²) in [4.78, 5) is 17.5. The van der Waals surface area contributed by atoms with E-state index in [0.29, 0.717) is 31.1 Å². The van der Waals surface area contributed by atoms with E-state index in [0.717, 1.165) is 26.2 Å². The molecule has 0 radical (unpaired) electrons. The molecule has 1 aromatic heterocycles. The molecule has 3 N–H and O–H groups in total. The number of hydrogen-bond donors (Lipinski definition) is 2. The minimum Gasteiger partial charge on any atom is -0.378 e. The second kappa shape index (κ2) is 5.54. The number of nitrogen functional groups attached to an aromatic ring is 1. The van der Waals surface area contributed by atoms with Gasteiger partial charge in [0, 0.05) is 26.2 Å². The number of rotatable bonds is 3. The van der Waals surface area contributed by atoms with Gasteiger partial charge in [-0.2, -0.15) is 15.0 Å². The molecule has 3 rings (SSSR count). The first kappa shape index (κ1) is 12.4. The summed E-state index contributed by atoms with van der Waals surface area (Å²) in [6, 6.07) is 0. The van der Waals surface area contributed by atoms with Gasteiger partial charge >= 0.3 is 0 Å². The van der Waals surface area contributed by atoms with E-state index in [-0.39, 0.29) is 0 Å². The van der Waals surface area contributed by atoms with Gasteiger partial charge in [0.1, 0.15) is 0 Å². The Kier molecular flexibility index (Phi) is 3.60. The molecule has 19 heavy (non-hydrogen) atoms. The van der Waals surface area contributed by atoms with Crippen LogP contribution in [0.15, 0.2) is 0 Å². The fraction of sp³-hybridized carbons (Fsp3) is 0.727. The molecule has 8 heteroatoms. The van der Waals surface area contributed by atoms with E-state index in [1.54, 1.807) is 0 Å². The molecule has 0 unspecified atom stereocenters. The summed E-state index contributed by atoms with van der Waals surface area (Å²) in [5, 5.41) is 0. The first-order chi connectivity index (χ1) is 9.36. The van der Waals surface area contributed by atoms with Crippen LogP contribution in [0.5, 0.6) is 0 Å². The highest BCUT2D eigenvalue weighted by Gasteiger charge is 2.20. The summed E-state index contributed by atoms with van der Waals surface area (Å²) in [5.74, 6) is 7.25. The maximum absolute atomic E-state index is 5.45. The third-order valence-corrected chi connectivity index (χ3v) is 3.42. The number of ether oxygens (including phenoxy) is 1. The van der Waals surface area contributed by atoms with Gasteiger partial charge in [-0.3, -0.25) is 5.43 Å². The minimum atomic E-state index is 0.415. The van der Waals surface area contributed by atoms with E-state index in [1.165, 1.54) is 12.8 Å². The molecule has 0 bridgehead atoms. The van der Waals surface area contributed by atoms with Crippen molar-refractivity contribution in [3.05, 3.63) is 0 Å². The highest BCUT2D eigenvalue weighted by atomic mass is 16.5. The minimum absolute atomic E-state index is 0.415. The lowest BCUT2D eigenvalue weighted by atomic mass is 10.4. The van der Waals surface area contributed by atoms with Gasteiger partial charge in [0.05, 0.1) is 13.2 Å². The Labute approximate surface area is 111 Å². The molecule has 2 aliphatic heterocycles. The van der Waals surface area contributed by atoms with Crippen LogP contribution in [0, 0.1) is 0 Å². The molecule has 3 heterocycles. The average Bonchev–Trinajstić information content (AvgIpc) is 3.02. The number of aromatic nitrogens is 3. The highest BCUT2D eigenvalue weighted by Crippen LogP contribution is 2.20. The fourth-order valence-electron chi connectivity index (χ4n) is 2.38. The van der Waals surface area contributed by atoms with E-state index in [2.05, 4.69) is 30.2 Å². The molecular formula is C11H19N7O. The van der Waals surface area contributed by atoms with E-state index >= 15 is 0 Å². The van der Waals surface area contributed by atoms with E-state index in [9.17, 15) is 0 Å². The quantitative estimate of drug-likeness (QED) is 0.563. The normalized spacial score (nSPS) is 19.8. The van der Waals surface area contributed by atoms with Crippen LogP contribution in [0.4, 0.5) is 17.8 Å². The molecular weight excluding hydrogens is 246 g/mol. The molecule has 1 aromatic rings. The summed E-state index contributed by atoms with van der Waals surface area (Å²) < 4.78 is 5.34. The second-order valence-electron chi connectivity index (χ2n) is 4.70. The lowest BCUT2D eigenvalue weighted by Gasteiger charge is -2.27. The number of morpholine rings is 1. The number of anilines is 3. The predicted molar refractivity (Wildman–Crippen MR) is 72.1 cm³/mol. The summed E-state index contributed by atoms with van der Waals surface area (Å²) in [5.41, 5.74) is 2.52. The summed E-state index contributed by atoms with van der Waals surface area (Å²) in [6.07, 6.45) is 2.37. The SMILES string of the molecule is NNc1nc(N2CCCC2)nc(N2CCOCC2)n1. The highest BCUT2D eigenvalue weighted by molar-refractivity contribution is 5.45. The zero-order valence-corrected chi connectivity index (χ0v) is 10.9. The Balaban J connectivity index is 1.87. The van der Waals surface area contributed by atoms with Crippen molar-refractivity contribution in [2.75, 3.05) is 54.6 Å². The van der Waals surface area contributed by atoms with Crippen LogP contribution < -0.4 is 21.1 Å². The molecule has 0 atom stereocenters. The van der Waals surface area contributed by atoms with Gasteiger partial charge < -0.3 is 14.5 Å². The molecule has 104 valence electrons. The third kappa shape index (κ3) is 2.69. The van der Waals surface area contributed by atoms with Gasteiger partial charge in [-0.1, -0.05) is 0 Å². The van der Waals surface area contributed by atoms with Gasteiger partial charge in [0.15, 0.2) is 0 Å². The molecule has 2 saturated heterocycles. The number of hydrazine groups is 1. The summed E-state index contributed by atoms with van der Waals surface area (Å²) in [7, 11) is 0. The lowest BCUT2D eigenvalue weighted by Crippen LogP contribution is -2.38. The molecule has 0 aliphatic carbocycles. The summed E-state index contributed by atoms with van der Waals surface area (Å²) in [6.45, 7) is 5.00. The largest absolute Gasteiger partial charge is 0.378 e. The van der Waals surface area contributed by atoms with Crippen LogP contribution in [-0.2, 0) is 4.74 Å². The average molecular weight is 265 g/mol. The lowest BCUT2D eigenvalue weighted by molar-refractivity contribution is 0.122. The molecule has 8 nitrogen and oxygen atoms in total. The van der Waals surface area contributed by atoms with Crippen LogP contribution in [0.1, 0.15) is 12.8 Å². The van der Waals surface area contributed by atoms with E-state index < -0.39 is 0 Å². The van der Waals surface area contributed by atoms with Gasteiger partial charge in [-0.15, -0.1) is 0 Å². The van der Waals surface area contributed by atoms with Crippen LogP contribution >= 0.6 is 0 Å². The zero-order valence-electron chi connectivity index (χ0n) is 10.9. The topological polar surface area (TPSA) is 92.4 Å². The number of nitrogens with zero attached hydrogens (tertiary/aromatic N) is 5. The molecule has 2 fully saturated rings. The molecule has 2 aliphatic rings. The Morgan fingerprint density at radius 2 is 1.47 bits per heavy atom. The molecule has 0 aromatic carbocycles. The van der Waals surface area contributed by atoms with Crippen LogP contribution in [0.3, 0.4) is 0 Å². The van der Waals surface area contributed by atoms with Crippen LogP contribution in [0.25, 0.3) is 0 Å². The van der Waals surface area contributed by atoms with E-state index in [1.807, 2.05) is 0 Å². The van der Waals surface area contributed by atoms with Crippen molar-refractivity contribution in [3.63, 3.8) is 0 Å². The van der Waals surface area contributed by atoms with Crippen LogP contribution in [-0.4, -0.2) is 54.3 Å². The van der Waals surface area contributed by atoms with Crippen molar-refractivity contribution in [3.8, 4) is 0 Å². The smallest absolute Gasteiger partial charge is 0.243 e. The molecule has 0 spiro atoms. The summed E-state index contributed by atoms with van der Waals surface area (Å²) >= 11 is 0. The van der Waals surface area contributed by atoms with E-state index in [4.69, 9.17) is 10.6 Å². The van der Waals surface area contributed by atoms with Crippen molar-refractivity contribution in [1.29, 1.82) is 0 Å². The maximum Gasteiger partial charge on any atom is 0.243 e. The van der Waals surface area contributed by atoms with Crippen LogP contribution in [0.2, 0.25) is 0 Å². The fourth-order valence-corrected chi connectivity index (χ4v) is 2.38. The Morgan fingerprint density at radius 3 is 2.05 bits per heavy atom. The third-order valence-electron chi connectivity index (χ3n) is 3.42. The Bertz CT molecular complexity index is 429.